The van der Waals surface area contributed by atoms with E-state index in [0.29, 0.717) is 24.5 Å². The van der Waals surface area contributed by atoms with E-state index >= 15 is 0 Å². The Bertz CT molecular complexity index is 984. The number of methoxy groups -OCH3 is 1. The van der Waals surface area contributed by atoms with Crippen LogP contribution in [-0.4, -0.2) is 59.9 Å². The molecule has 32 heavy (non-hydrogen) atoms. The number of carbonyl (C=O) groups excluding carboxylic acids is 2. The maximum Gasteiger partial charge on any atom is 0.329 e. The standard InChI is InChI=1S/C22H26N2O7S/c1-15(16-5-6-18-12-19(29-2)8-7-17(18)11-16)21(25)23-14-32-13-20(23)22(26)30-9-3-4-10-31-24(27)28/h5-8,11-12,15,20H,3-4,9-10,13-14H2,1-2H3. The quantitative estimate of drug-likeness (QED) is 0.229. The van der Waals surface area contributed by atoms with Crippen molar-refractivity contribution in [3.63, 3.8) is 0 Å². The minimum atomic E-state index is -0.848. The van der Waals surface area contributed by atoms with Crippen molar-refractivity contribution >= 4 is 34.4 Å². The summed E-state index contributed by atoms with van der Waals surface area (Å²) in [4.78, 5) is 41.6. The van der Waals surface area contributed by atoms with Crippen LogP contribution in [0.4, 0.5) is 0 Å². The number of esters is 1. The maximum atomic E-state index is 13.2. The van der Waals surface area contributed by atoms with Crippen LogP contribution in [-0.2, 0) is 19.2 Å². The van der Waals surface area contributed by atoms with E-state index in [9.17, 15) is 19.7 Å². The number of benzene rings is 2. The van der Waals surface area contributed by atoms with E-state index in [-0.39, 0.29) is 19.1 Å². The lowest BCUT2D eigenvalue weighted by molar-refractivity contribution is -0.757. The number of unbranched alkanes of at least 4 members (excludes halogenated alkanes) is 1. The minimum absolute atomic E-state index is 0.0372. The molecule has 172 valence electrons. The molecule has 0 bridgehead atoms. The average Bonchev–Trinajstić information content (AvgIpc) is 3.29. The molecule has 0 N–H and O–H groups in total. The second-order valence-corrected chi connectivity index (χ2v) is 8.45. The second-order valence-electron chi connectivity index (χ2n) is 7.45. The van der Waals surface area contributed by atoms with Gasteiger partial charge in [-0.05, 0) is 48.2 Å². The smallest absolute Gasteiger partial charge is 0.329 e. The Kier molecular flexibility index (Phi) is 8.15. The molecule has 1 fully saturated rings. The highest BCUT2D eigenvalue weighted by molar-refractivity contribution is 7.99. The number of ether oxygens (including phenoxy) is 2. The number of rotatable bonds is 10. The van der Waals surface area contributed by atoms with Gasteiger partial charge in [0.1, 0.15) is 11.8 Å². The summed E-state index contributed by atoms with van der Waals surface area (Å²) in [6.45, 7) is 1.94. The van der Waals surface area contributed by atoms with E-state index in [1.165, 1.54) is 11.8 Å². The fraction of sp³-hybridized carbons (Fsp3) is 0.455. The first-order chi connectivity index (χ1) is 15.4. The van der Waals surface area contributed by atoms with E-state index in [2.05, 4.69) is 4.84 Å². The summed E-state index contributed by atoms with van der Waals surface area (Å²) in [6, 6.07) is 11.0. The lowest BCUT2D eigenvalue weighted by Crippen LogP contribution is -2.44. The lowest BCUT2D eigenvalue weighted by Gasteiger charge is -2.25. The number of thioether (sulfide) groups is 1. The third kappa shape index (κ3) is 5.82. The molecular weight excluding hydrogens is 436 g/mol. The van der Waals surface area contributed by atoms with Crippen LogP contribution in [0.1, 0.15) is 31.2 Å². The van der Waals surface area contributed by atoms with Gasteiger partial charge in [-0.2, -0.15) is 0 Å². The van der Waals surface area contributed by atoms with Gasteiger partial charge in [-0.15, -0.1) is 21.9 Å². The summed E-state index contributed by atoms with van der Waals surface area (Å²) in [7, 11) is 1.62. The number of fused-ring (bicyclic) bond motifs is 1. The molecule has 3 rings (SSSR count). The fourth-order valence-corrected chi connectivity index (χ4v) is 4.65. The van der Waals surface area contributed by atoms with Gasteiger partial charge in [0.2, 0.25) is 5.91 Å². The highest BCUT2D eigenvalue weighted by Crippen LogP contribution is 2.30. The predicted molar refractivity (Wildman–Crippen MR) is 120 cm³/mol. The third-order valence-corrected chi connectivity index (χ3v) is 6.37. The van der Waals surface area contributed by atoms with Gasteiger partial charge < -0.3 is 19.2 Å². The molecule has 10 heteroatoms. The van der Waals surface area contributed by atoms with E-state index in [1.54, 1.807) is 12.0 Å². The Labute approximate surface area is 190 Å². The van der Waals surface area contributed by atoms with E-state index < -0.39 is 23.0 Å². The van der Waals surface area contributed by atoms with Crippen molar-refractivity contribution in [1.29, 1.82) is 0 Å². The first-order valence-corrected chi connectivity index (χ1v) is 11.5. The zero-order chi connectivity index (χ0) is 23.1. The zero-order valence-corrected chi connectivity index (χ0v) is 18.8. The lowest BCUT2D eigenvalue weighted by atomic mass is 9.96. The molecule has 2 aromatic rings. The van der Waals surface area contributed by atoms with Crippen molar-refractivity contribution in [3.8, 4) is 5.75 Å². The predicted octanol–water partition coefficient (Wildman–Crippen LogP) is 3.39. The number of carbonyl (C=O) groups is 2. The first kappa shape index (κ1) is 23.6. The van der Waals surface area contributed by atoms with Gasteiger partial charge in [-0.1, -0.05) is 24.3 Å². The normalized spacial score (nSPS) is 16.6. The minimum Gasteiger partial charge on any atom is -0.497 e. The molecule has 1 amide bonds. The van der Waals surface area contributed by atoms with Crippen LogP contribution in [0, 0.1) is 10.1 Å². The van der Waals surface area contributed by atoms with Gasteiger partial charge in [0.25, 0.3) is 5.09 Å². The molecule has 2 unspecified atom stereocenters. The second kappa shape index (κ2) is 11.0. The fourth-order valence-electron chi connectivity index (χ4n) is 3.50. The van der Waals surface area contributed by atoms with Crippen molar-refractivity contribution in [2.45, 2.75) is 31.7 Å². The molecule has 0 aliphatic carbocycles. The average molecular weight is 463 g/mol. The number of nitrogens with zero attached hydrogens (tertiary/aromatic N) is 2. The molecule has 0 radical (unpaired) electrons. The molecule has 1 heterocycles. The van der Waals surface area contributed by atoms with Crippen LogP contribution in [0.3, 0.4) is 0 Å². The molecule has 1 aliphatic rings. The van der Waals surface area contributed by atoms with E-state index in [1.807, 2.05) is 43.3 Å². The van der Waals surface area contributed by atoms with Crippen LogP contribution in [0.5, 0.6) is 5.75 Å². The van der Waals surface area contributed by atoms with Crippen LogP contribution in [0.2, 0.25) is 0 Å². The summed E-state index contributed by atoms with van der Waals surface area (Å²) >= 11 is 1.51. The van der Waals surface area contributed by atoms with Gasteiger partial charge in [0.15, 0.2) is 0 Å². The van der Waals surface area contributed by atoms with Crippen molar-refractivity contribution in [1.82, 2.24) is 4.90 Å². The Morgan fingerprint density at radius 2 is 1.91 bits per heavy atom. The Morgan fingerprint density at radius 1 is 1.19 bits per heavy atom. The molecule has 2 atom stereocenters. The number of amides is 1. The molecule has 1 aliphatic heterocycles. The molecular formula is C22H26N2O7S. The van der Waals surface area contributed by atoms with Crippen molar-refractivity contribution < 1.29 is 29.0 Å². The van der Waals surface area contributed by atoms with Gasteiger partial charge in [0.05, 0.1) is 32.1 Å². The van der Waals surface area contributed by atoms with Crippen molar-refractivity contribution in [2.24, 2.45) is 0 Å². The molecule has 9 nitrogen and oxygen atoms in total. The van der Waals surface area contributed by atoms with Crippen LogP contribution >= 0.6 is 11.8 Å². The molecule has 1 saturated heterocycles. The topological polar surface area (TPSA) is 108 Å². The summed E-state index contributed by atoms with van der Waals surface area (Å²) in [5, 5.41) is 11.3. The van der Waals surface area contributed by atoms with Gasteiger partial charge >= 0.3 is 5.97 Å². The Hall–Kier alpha value is -3.01. The molecule has 0 saturated carbocycles. The molecule has 0 aromatic heterocycles. The van der Waals surface area contributed by atoms with Crippen LogP contribution in [0.25, 0.3) is 10.8 Å². The monoisotopic (exact) mass is 462 g/mol. The van der Waals surface area contributed by atoms with Crippen LogP contribution in [0.15, 0.2) is 36.4 Å². The van der Waals surface area contributed by atoms with Gasteiger partial charge in [-0.25, -0.2) is 4.79 Å². The Morgan fingerprint density at radius 3 is 2.66 bits per heavy atom. The van der Waals surface area contributed by atoms with Crippen LogP contribution < -0.4 is 4.74 Å². The summed E-state index contributed by atoms with van der Waals surface area (Å²) < 4.78 is 10.6. The highest BCUT2D eigenvalue weighted by Gasteiger charge is 2.37. The van der Waals surface area contributed by atoms with Crippen molar-refractivity contribution in [2.75, 3.05) is 32.0 Å². The van der Waals surface area contributed by atoms with Gasteiger partial charge in [-0.3, -0.25) is 4.79 Å². The molecule has 0 spiro atoms. The first-order valence-electron chi connectivity index (χ1n) is 10.3. The zero-order valence-electron chi connectivity index (χ0n) is 18.0. The van der Waals surface area contributed by atoms with E-state index in [4.69, 9.17) is 9.47 Å². The van der Waals surface area contributed by atoms with Gasteiger partial charge in [0, 0.05) is 5.75 Å². The number of hydrogen-bond acceptors (Lipinski definition) is 8. The maximum absolute atomic E-state index is 13.2. The third-order valence-electron chi connectivity index (χ3n) is 5.36. The summed E-state index contributed by atoms with van der Waals surface area (Å²) in [6.07, 6.45) is 0.854. The highest BCUT2D eigenvalue weighted by atomic mass is 32.2. The molecule has 2 aromatic carbocycles. The van der Waals surface area contributed by atoms with Crippen molar-refractivity contribution in [3.05, 3.63) is 52.1 Å². The summed E-state index contributed by atoms with van der Waals surface area (Å²) in [5.74, 6) is 0.717. The largest absolute Gasteiger partial charge is 0.497 e. The Balaban J connectivity index is 1.58. The number of hydrogen-bond donors (Lipinski definition) is 0. The van der Waals surface area contributed by atoms with E-state index in [0.717, 1.165) is 22.1 Å². The SMILES string of the molecule is COc1ccc2cc(C(C)C(=O)N3CSCC3C(=O)OCCCCO[N+](=O)[O-])ccc2c1. The summed E-state index contributed by atoms with van der Waals surface area (Å²) in [5.41, 5.74) is 0.877.